The van der Waals surface area contributed by atoms with Gasteiger partial charge in [0.05, 0.1) is 11.7 Å². The van der Waals surface area contributed by atoms with Crippen LogP contribution in [0.25, 0.3) is 0 Å². The van der Waals surface area contributed by atoms with Gasteiger partial charge in [0.1, 0.15) is 0 Å². The van der Waals surface area contributed by atoms with Crippen molar-refractivity contribution in [3.63, 3.8) is 0 Å². The lowest BCUT2D eigenvalue weighted by molar-refractivity contribution is 0.544. The van der Waals surface area contributed by atoms with E-state index in [4.69, 9.17) is 5.84 Å². The van der Waals surface area contributed by atoms with Crippen molar-refractivity contribution in [3.8, 4) is 0 Å². The number of aromatic nitrogens is 1. The van der Waals surface area contributed by atoms with Gasteiger partial charge in [0, 0.05) is 6.20 Å². The fourth-order valence-electron chi connectivity index (χ4n) is 1.29. The number of rotatable bonds is 4. The van der Waals surface area contributed by atoms with Crippen molar-refractivity contribution in [1.82, 2.24) is 10.4 Å². The van der Waals surface area contributed by atoms with Gasteiger partial charge < -0.3 is 0 Å². The molecule has 3 N–H and O–H groups in total. The van der Waals surface area contributed by atoms with Gasteiger partial charge in [-0.15, -0.1) is 6.58 Å². The summed E-state index contributed by atoms with van der Waals surface area (Å²) < 4.78 is 0. The predicted molar refractivity (Wildman–Crippen MR) is 53.9 cm³/mol. The number of nitrogens with two attached hydrogens (primary N) is 1. The van der Waals surface area contributed by atoms with Gasteiger partial charge in [-0.05, 0) is 25.0 Å². The monoisotopic (exact) mass is 177 g/mol. The minimum Gasteiger partial charge on any atom is -0.271 e. The second-order valence-corrected chi connectivity index (χ2v) is 2.95. The molecule has 0 bridgehead atoms. The van der Waals surface area contributed by atoms with Crippen molar-refractivity contribution >= 4 is 0 Å². The van der Waals surface area contributed by atoms with Crippen LogP contribution in [-0.2, 0) is 0 Å². The molecule has 70 valence electrons. The van der Waals surface area contributed by atoms with E-state index in [-0.39, 0.29) is 6.04 Å². The van der Waals surface area contributed by atoms with E-state index in [1.807, 2.05) is 25.1 Å². The SMILES string of the molecule is C=CCC(NN)c1ncccc1C. The van der Waals surface area contributed by atoms with Gasteiger partial charge in [0.25, 0.3) is 0 Å². The van der Waals surface area contributed by atoms with Gasteiger partial charge in [-0.3, -0.25) is 16.3 Å². The topological polar surface area (TPSA) is 50.9 Å². The Balaban J connectivity index is 2.90. The van der Waals surface area contributed by atoms with Crippen LogP contribution < -0.4 is 11.3 Å². The number of hydrogen-bond acceptors (Lipinski definition) is 3. The molecule has 3 nitrogen and oxygen atoms in total. The van der Waals surface area contributed by atoms with Gasteiger partial charge >= 0.3 is 0 Å². The molecular weight excluding hydrogens is 162 g/mol. The highest BCUT2D eigenvalue weighted by Crippen LogP contribution is 2.16. The van der Waals surface area contributed by atoms with Crippen LogP contribution in [0.4, 0.5) is 0 Å². The molecule has 0 aliphatic carbocycles. The van der Waals surface area contributed by atoms with E-state index in [1.165, 1.54) is 0 Å². The highest BCUT2D eigenvalue weighted by Gasteiger charge is 2.10. The molecule has 1 aromatic rings. The average Bonchev–Trinajstić information content (AvgIpc) is 2.16. The van der Waals surface area contributed by atoms with Crippen molar-refractivity contribution in [2.45, 2.75) is 19.4 Å². The Kier molecular flexibility index (Phi) is 3.61. The molecule has 0 saturated heterocycles. The molecule has 1 unspecified atom stereocenters. The normalized spacial score (nSPS) is 12.5. The first-order valence-corrected chi connectivity index (χ1v) is 4.28. The molecule has 0 aliphatic heterocycles. The van der Waals surface area contributed by atoms with Crippen molar-refractivity contribution in [2.75, 3.05) is 0 Å². The van der Waals surface area contributed by atoms with Gasteiger partial charge in [-0.25, -0.2) is 0 Å². The molecule has 0 amide bonds. The fraction of sp³-hybridized carbons (Fsp3) is 0.300. The molecule has 0 spiro atoms. The first kappa shape index (κ1) is 9.89. The van der Waals surface area contributed by atoms with Crippen LogP contribution in [0.3, 0.4) is 0 Å². The molecule has 0 aliphatic rings. The molecule has 0 saturated carbocycles. The van der Waals surface area contributed by atoms with Crippen LogP contribution >= 0.6 is 0 Å². The number of nitrogens with one attached hydrogen (secondary N) is 1. The average molecular weight is 177 g/mol. The largest absolute Gasteiger partial charge is 0.271 e. The zero-order valence-electron chi connectivity index (χ0n) is 7.83. The van der Waals surface area contributed by atoms with E-state index in [0.717, 1.165) is 17.7 Å². The second-order valence-electron chi connectivity index (χ2n) is 2.95. The first-order chi connectivity index (χ1) is 6.29. The lowest BCUT2D eigenvalue weighted by Crippen LogP contribution is -2.28. The smallest absolute Gasteiger partial charge is 0.0669 e. The Labute approximate surface area is 78.6 Å². The van der Waals surface area contributed by atoms with E-state index >= 15 is 0 Å². The van der Waals surface area contributed by atoms with E-state index in [9.17, 15) is 0 Å². The third-order valence-electron chi connectivity index (χ3n) is 1.98. The molecule has 3 heteroatoms. The summed E-state index contributed by atoms with van der Waals surface area (Å²) in [5.41, 5.74) is 4.86. The van der Waals surface area contributed by atoms with Gasteiger partial charge in [-0.1, -0.05) is 12.1 Å². The minimum absolute atomic E-state index is 0.0682. The van der Waals surface area contributed by atoms with E-state index < -0.39 is 0 Å². The Morgan fingerprint density at radius 3 is 3.08 bits per heavy atom. The Bertz CT molecular complexity index is 283. The van der Waals surface area contributed by atoms with E-state index in [1.54, 1.807) is 6.20 Å². The molecule has 13 heavy (non-hydrogen) atoms. The summed E-state index contributed by atoms with van der Waals surface area (Å²) in [5, 5.41) is 0. The maximum atomic E-state index is 5.42. The zero-order valence-corrected chi connectivity index (χ0v) is 7.83. The summed E-state index contributed by atoms with van der Waals surface area (Å²) in [6.07, 6.45) is 4.39. The molecule has 0 aromatic carbocycles. The Hall–Kier alpha value is -1.19. The number of hydrazine groups is 1. The summed E-state index contributed by atoms with van der Waals surface area (Å²) >= 11 is 0. The van der Waals surface area contributed by atoms with Crippen LogP contribution in [0.5, 0.6) is 0 Å². The number of hydrogen-bond donors (Lipinski definition) is 2. The van der Waals surface area contributed by atoms with Gasteiger partial charge in [-0.2, -0.15) is 0 Å². The molecule has 0 radical (unpaired) electrons. The van der Waals surface area contributed by atoms with Crippen molar-refractivity contribution in [3.05, 3.63) is 42.2 Å². The molecular formula is C10H15N3. The standard InChI is InChI=1S/C10H15N3/c1-3-5-9(13-11)10-8(2)6-4-7-12-10/h3-4,6-7,9,13H,1,5,11H2,2H3. The lowest BCUT2D eigenvalue weighted by atomic mass is 10.1. The maximum Gasteiger partial charge on any atom is 0.0669 e. The molecule has 1 atom stereocenters. The minimum atomic E-state index is 0.0682. The molecule has 1 rings (SSSR count). The molecule has 1 heterocycles. The van der Waals surface area contributed by atoms with E-state index in [2.05, 4.69) is 17.0 Å². The summed E-state index contributed by atoms with van der Waals surface area (Å²) in [5.74, 6) is 5.42. The second kappa shape index (κ2) is 4.74. The van der Waals surface area contributed by atoms with Crippen LogP contribution in [-0.4, -0.2) is 4.98 Å². The van der Waals surface area contributed by atoms with Crippen LogP contribution in [0.1, 0.15) is 23.7 Å². The van der Waals surface area contributed by atoms with Crippen molar-refractivity contribution in [1.29, 1.82) is 0 Å². The third kappa shape index (κ3) is 2.37. The van der Waals surface area contributed by atoms with E-state index in [0.29, 0.717) is 0 Å². The lowest BCUT2D eigenvalue weighted by Gasteiger charge is -2.14. The third-order valence-corrected chi connectivity index (χ3v) is 1.98. The summed E-state index contributed by atoms with van der Waals surface area (Å²) in [7, 11) is 0. The Morgan fingerprint density at radius 1 is 1.77 bits per heavy atom. The fourth-order valence-corrected chi connectivity index (χ4v) is 1.29. The van der Waals surface area contributed by atoms with Crippen LogP contribution in [0.15, 0.2) is 31.0 Å². The quantitative estimate of drug-likeness (QED) is 0.416. The van der Waals surface area contributed by atoms with Crippen molar-refractivity contribution in [2.24, 2.45) is 5.84 Å². The van der Waals surface area contributed by atoms with Crippen molar-refractivity contribution < 1.29 is 0 Å². The number of pyridine rings is 1. The summed E-state index contributed by atoms with van der Waals surface area (Å²) in [6.45, 7) is 5.70. The number of aryl methyl sites for hydroxylation is 1. The summed E-state index contributed by atoms with van der Waals surface area (Å²) in [4.78, 5) is 4.28. The zero-order chi connectivity index (χ0) is 9.68. The highest BCUT2D eigenvalue weighted by atomic mass is 15.2. The maximum absolute atomic E-state index is 5.42. The number of nitrogens with zero attached hydrogens (tertiary/aromatic N) is 1. The van der Waals surface area contributed by atoms with Gasteiger partial charge in [0.2, 0.25) is 0 Å². The highest BCUT2D eigenvalue weighted by molar-refractivity contribution is 5.21. The molecule has 1 aromatic heterocycles. The van der Waals surface area contributed by atoms with Crippen LogP contribution in [0.2, 0.25) is 0 Å². The molecule has 0 fully saturated rings. The van der Waals surface area contributed by atoms with Gasteiger partial charge in [0.15, 0.2) is 0 Å². The predicted octanol–water partition coefficient (Wildman–Crippen LogP) is 1.47. The van der Waals surface area contributed by atoms with Crippen LogP contribution in [0, 0.1) is 6.92 Å². The first-order valence-electron chi connectivity index (χ1n) is 4.28. The Morgan fingerprint density at radius 2 is 2.54 bits per heavy atom. The summed E-state index contributed by atoms with van der Waals surface area (Å²) in [6, 6.07) is 4.01.